The lowest BCUT2D eigenvalue weighted by atomic mass is 9.99. The second-order valence-corrected chi connectivity index (χ2v) is 4.75. The van der Waals surface area contributed by atoms with Crippen molar-refractivity contribution < 1.29 is 4.79 Å². The molecule has 92 valence electrons. The van der Waals surface area contributed by atoms with Gasteiger partial charge in [-0.3, -0.25) is 9.59 Å². The zero-order chi connectivity index (χ0) is 12.3. The van der Waals surface area contributed by atoms with Crippen molar-refractivity contribution >= 4 is 5.91 Å². The first kappa shape index (κ1) is 11.9. The number of aromatic nitrogens is 1. The number of hydrogen-bond donors (Lipinski definition) is 2. The van der Waals surface area contributed by atoms with Gasteiger partial charge in [0.15, 0.2) is 0 Å². The van der Waals surface area contributed by atoms with E-state index in [0.717, 1.165) is 0 Å². The van der Waals surface area contributed by atoms with E-state index in [0.29, 0.717) is 11.5 Å². The molecule has 0 saturated heterocycles. The molecule has 1 heterocycles. The van der Waals surface area contributed by atoms with E-state index in [1.165, 1.54) is 37.9 Å². The zero-order valence-corrected chi connectivity index (χ0v) is 10.0. The smallest absolute Gasteiger partial charge is 0.251 e. The third-order valence-corrected chi connectivity index (χ3v) is 3.50. The average molecular weight is 234 g/mol. The summed E-state index contributed by atoms with van der Waals surface area (Å²) < 4.78 is 0. The molecule has 4 nitrogen and oxygen atoms in total. The van der Waals surface area contributed by atoms with Gasteiger partial charge in [-0.05, 0) is 31.7 Å². The maximum atomic E-state index is 11.9. The molecule has 1 aromatic heterocycles. The molecule has 1 fully saturated rings. The molecule has 0 aliphatic heterocycles. The molecule has 0 bridgehead atoms. The number of aromatic amines is 1. The van der Waals surface area contributed by atoms with Crippen LogP contribution in [0.5, 0.6) is 0 Å². The van der Waals surface area contributed by atoms with Crippen molar-refractivity contribution in [1.82, 2.24) is 10.3 Å². The Morgan fingerprint density at radius 1 is 1.47 bits per heavy atom. The van der Waals surface area contributed by atoms with E-state index in [1.54, 1.807) is 6.07 Å². The highest BCUT2D eigenvalue weighted by Crippen LogP contribution is 2.27. The minimum absolute atomic E-state index is 0.157. The summed E-state index contributed by atoms with van der Waals surface area (Å²) in [4.78, 5) is 25.5. The van der Waals surface area contributed by atoms with Crippen LogP contribution < -0.4 is 10.9 Å². The fraction of sp³-hybridized carbons (Fsp3) is 0.538. The van der Waals surface area contributed by atoms with E-state index in [-0.39, 0.29) is 17.5 Å². The first-order chi connectivity index (χ1) is 8.16. The summed E-state index contributed by atoms with van der Waals surface area (Å²) in [6, 6.07) is 3.14. The predicted octanol–water partition coefficient (Wildman–Crippen LogP) is 1.68. The Morgan fingerprint density at radius 2 is 2.18 bits per heavy atom. The first-order valence-corrected chi connectivity index (χ1v) is 6.16. The predicted molar refractivity (Wildman–Crippen MR) is 65.9 cm³/mol. The number of H-pyrrole nitrogens is 1. The van der Waals surface area contributed by atoms with Gasteiger partial charge in [0.2, 0.25) is 5.56 Å². The summed E-state index contributed by atoms with van der Waals surface area (Å²) in [6.07, 6.45) is 6.40. The monoisotopic (exact) mass is 234 g/mol. The average Bonchev–Trinajstić information content (AvgIpc) is 2.82. The lowest BCUT2D eigenvalue weighted by Gasteiger charge is -2.20. The van der Waals surface area contributed by atoms with Gasteiger partial charge in [0.05, 0.1) is 0 Å². The van der Waals surface area contributed by atoms with Crippen molar-refractivity contribution in [1.29, 1.82) is 0 Å². The van der Waals surface area contributed by atoms with Gasteiger partial charge in [-0.1, -0.05) is 12.8 Å². The number of carbonyl (C=O) groups excluding carboxylic acids is 1. The van der Waals surface area contributed by atoms with Crippen molar-refractivity contribution in [3.8, 4) is 0 Å². The highest BCUT2D eigenvalue weighted by molar-refractivity contribution is 5.94. The Hall–Kier alpha value is -1.58. The van der Waals surface area contributed by atoms with Crippen LogP contribution in [0.3, 0.4) is 0 Å². The molecule has 17 heavy (non-hydrogen) atoms. The number of carbonyl (C=O) groups is 1. The summed E-state index contributed by atoms with van der Waals surface area (Å²) in [7, 11) is 0. The molecule has 4 heteroatoms. The van der Waals surface area contributed by atoms with Crippen LogP contribution in [0.2, 0.25) is 0 Å². The Bertz CT molecular complexity index is 447. The molecule has 2 N–H and O–H groups in total. The molecule has 1 atom stereocenters. The summed E-state index contributed by atoms with van der Waals surface area (Å²) in [5.74, 6) is 0.427. The van der Waals surface area contributed by atoms with Gasteiger partial charge in [-0.15, -0.1) is 0 Å². The molecule has 1 unspecified atom stereocenters. The van der Waals surface area contributed by atoms with Gasteiger partial charge in [-0.2, -0.15) is 0 Å². The number of pyridine rings is 1. The second kappa shape index (κ2) is 5.17. The molecular formula is C13H18N2O2. The van der Waals surface area contributed by atoms with Crippen LogP contribution in [-0.2, 0) is 0 Å². The third-order valence-electron chi connectivity index (χ3n) is 3.50. The van der Waals surface area contributed by atoms with Crippen LogP contribution in [-0.4, -0.2) is 16.9 Å². The van der Waals surface area contributed by atoms with E-state index < -0.39 is 0 Å². The van der Waals surface area contributed by atoms with E-state index >= 15 is 0 Å². The fourth-order valence-electron chi connectivity index (χ4n) is 2.45. The van der Waals surface area contributed by atoms with Crippen molar-refractivity contribution in [3.05, 3.63) is 34.2 Å². The highest BCUT2D eigenvalue weighted by Gasteiger charge is 2.23. The van der Waals surface area contributed by atoms with Gasteiger partial charge < -0.3 is 10.3 Å². The Morgan fingerprint density at radius 3 is 2.82 bits per heavy atom. The summed E-state index contributed by atoms with van der Waals surface area (Å²) in [5.41, 5.74) is 0.185. The van der Waals surface area contributed by atoms with Crippen LogP contribution in [0, 0.1) is 5.92 Å². The van der Waals surface area contributed by atoms with Crippen molar-refractivity contribution in [3.63, 3.8) is 0 Å². The molecule has 1 aliphatic rings. The minimum Gasteiger partial charge on any atom is -0.349 e. The van der Waals surface area contributed by atoms with E-state index in [9.17, 15) is 9.59 Å². The second-order valence-electron chi connectivity index (χ2n) is 4.75. The topological polar surface area (TPSA) is 62.0 Å². The summed E-state index contributed by atoms with van der Waals surface area (Å²) in [5, 5.41) is 2.97. The van der Waals surface area contributed by atoms with Gasteiger partial charge in [-0.25, -0.2) is 0 Å². The third kappa shape index (κ3) is 2.96. The Balaban J connectivity index is 1.98. The highest BCUT2D eigenvalue weighted by atomic mass is 16.2. The van der Waals surface area contributed by atoms with E-state index in [4.69, 9.17) is 0 Å². The lowest BCUT2D eigenvalue weighted by molar-refractivity contribution is 0.0927. The Kier molecular flexibility index (Phi) is 3.61. The SMILES string of the molecule is CC(NC(=O)c1cc[nH]c(=O)c1)C1CCCC1. The standard InChI is InChI=1S/C13H18N2O2/c1-9(10-4-2-3-5-10)15-13(17)11-6-7-14-12(16)8-11/h6-10H,2-5H2,1H3,(H,14,16)(H,15,17). The molecule has 1 saturated carbocycles. The maximum absolute atomic E-state index is 11.9. The quantitative estimate of drug-likeness (QED) is 0.836. The molecule has 0 radical (unpaired) electrons. The van der Waals surface area contributed by atoms with Crippen LogP contribution in [0.15, 0.2) is 23.1 Å². The largest absolute Gasteiger partial charge is 0.349 e. The fourth-order valence-corrected chi connectivity index (χ4v) is 2.45. The van der Waals surface area contributed by atoms with Crippen molar-refractivity contribution in [2.45, 2.75) is 38.6 Å². The molecule has 1 amide bonds. The first-order valence-electron chi connectivity index (χ1n) is 6.16. The zero-order valence-electron chi connectivity index (χ0n) is 10.0. The number of nitrogens with one attached hydrogen (secondary N) is 2. The van der Waals surface area contributed by atoms with Gasteiger partial charge in [0.1, 0.15) is 0 Å². The van der Waals surface area contributed by atoms with Gasteiger partial charge in [0.25, 0.3) is 5.91 Å². The van der Waals surface area contributed by atoms with Crippen molar-refractivity contribution in [2.75, 3.05) is 0 Å². The number of rotatable bonds is 3. The van der Waals surface area contributed by atoms with Crippen LogP contribution in [0.4, 0.5) is 0 Å². The molecule has 1 aliphatic carbocycles. The molecule has 1 aromatic rings. The lowest BCUT2D eigenvalue weighted by Crippen LogP contribution is -2.37. The van der Waals surface area contributed by atoms with Crippen LogP contribution >= 0.6 is 0 Å². The minimum atomic E-state index is -0.244. The van der Waals surface area contributed by atoms with Crippen molar-refractivity contribution in [2.24, 2.45) is 5.92 Å². The number of amides is 1. The molecule has 2 rings (SSSR count). The van der Waals surface area contributed by atoms with Gasteiger partial charge in [0, 0.05) is 23.9 Å². The Labute approximate surface area is 100 Å². The molecular weight excluding hydrogens is 216 g/mol. The summed E-state index contributed by atoms with van der Waals surface area (Å²) in [6.45, 7) is 2.04. The normalized spacial score (nSPS) is 17.9. The van der Waals surface area contributed by atoms with Crippen LogP contribution in [0.25, 0.3) is 0 Å². The van der Waals surface area contributed by atoms with E-state index in [2.05, 4.69) is 10.3 Å². The van der Waals surface area contributed by atoms with Crippen LogP contribution in [0.1, 0.15) is 43.0 Å². The maximum Gasteiger partial charge on any atom is 0.251 e. The summed E-state index contributed by atoms with van der Waals surface area (Å²) >= 11 is 0. The van der Waals surface area contributed by atoms with E-state index in [1.807, 2.05) is 6.92 Å². The number of hydrogen-bond acceptors (Lipinski definition) is 2. The molecule has 0 spiro atoms. The van der Waals surface area contributed by atoms with Gasteiger partial charge >= 0.3 is 0 Å². The molecule has 0 aromatic carbocycles.